The molecule has 1 atom stereocenters. The molecule has 0 saturated heterocycles. The molecule has 0 saturated carbocycles. The molecule has 1 N–H and O–H groups in total. The molecule has 1 unspecified atom stereocenters. The summed E-state index contributed by atoms with van der Waals surface area (Å²) in [5.41, 5.74) is 2.53. The number of hydrogen-bond acceptors (Lipinski definition) is 5. The van der Waals surface area contributed by atoms with E-state index in [2.05, 4.69) is 18.2 Å². The quantitative estimate of drug-likeness (QED) is 0.463. The lowest BCUT2D eigenvalue weighted by Crippen LogP contribution is -2.21. The molecular weight excluding hydrogens is 418 g/mol. The van der Waals surface area contributed by atoms with Crippen LogP contribution in [0, 0.1) is 11.3 Å². The number of nitrogens with zero attached hydrogens (tertiary/aromatic N) is 1. The van der Waals surface area contributed by atoms with Crippen LogP contribution in [0.3, 0.4) is 0 Å². The molecule has 0 aromatic heterocycles. The van der Waals surface area contributed by atoms with E-state index in [-0.39, 0.29) is 23.7 Å². The summed E-state index contributed by atoms with van der Waals surface area (Å²) in [6.07, 6.45) is 2.45. The minimum atomic E-state index is -0.943. The van der Waals surface area contributed by atoms with Gasteiger partial charge in [0.25, 0.3) is 0 Å². The van der Waals surface area contributed by atoms with E-state index in [1.54, 1.807) is 30.3 Å². The number of fused-ring (bicyclic) bond motifs is 1. The third-order valence-electron chi connectivity index (χ3n) is 5.69. The van der Waals surface area contributed by atoms with Crippen molar-refractivity contribution < 1.29 is 24.2 Å². The molecule has 33 heavy (non-hydrogen) atoms. The molecule has 0 aliphatic carbocycles. The van der Waals surface area contributed by atoms with E-state index in [0.29, 0.717) is 35.5 Å². The van der Waals surface area contributed by atoms with Gasteiger partial charge >= 0.3 is 5.97 Å². The second-order valence-electron chi connectivity index (χ2n) is 7.91. The lowest BCUT2D eigenvalue weighted by molar-refractivity contribution is -0.139. The fraction of sp³-hybridized carbons (Fsp3) is 0.222. The fourth-order valence-electron chi connectivity index (χ4n) is 3.92. The van der Waals surface area contributed by atoms with Gasteiger partial charge in [-0.3, -0.25) is 9.59 Å². The maximum absolute atomic E-state index is 12.5. The summed E-state index contributed by atoms with van der Waals surface area (Å²) in [6, 6.07) is 22.0. The molecule has 1 heterocycles. The van der Waals surface area contributed by atoms with Gasteiger partial charge in [0, 0.05) is 23.6 Å². The highest BCUT2D eigenvalue weighted by molar-refractivity contribution is 5.96. The third kappa shape index (κ3) is 5.21. The molecule has 1 aliphatic heterocycles. The SMILES string of the molecule is N#Cc1cc2c(cc1Oc1ccc(C(=O)CCCc3ccccc3)cc1)OCCC2C(=O)O. The lowest BCUT2D eigenvalue weighted by atomic mass is 9.91. The Morgan fingerprint density at radius 1 is 1.09 bits per heavy atom. The van der Waals surface area contributed by atoms with Crippen molar-refractivity contribution in [1.29, 1.82) is 5.26 Å². The summed E-state index contributed by atoms with van der Waals surface area (Å²) < 4.78 is 11.5. The average molecular weight is 441 g/mol. The number of carboxylic acids is 1. The molecule has 6 nitrogen and oxygen atoms in total. The molecule has 3 aromatic carbocycles. The van der Waals surface area contributed by atoms with Crippen LogP contribution in [0.15, 0.2) is 66.7 Å². The number of carboxylic acid groups (broad SMARTS) is 1. The standard InChI is InChI=1S/C27H23NO5/c28-17-20-15-23-22(27(30)31)13-14-32-26(23)16-25(20)33-21-11-9-19(10-12-21)24(29)8-4-7-18-5-2-1-3-6-18/h1-3,5-6,9-12,15-16,22H,4,7-8,13-14H2,(H,30,31). The zero-order valence-electron chi connectivity index (χ0n) is 18.0. The van der Waals surface area contributed by atoms with E-state index in [1.807, 2.05) is 18.2 Å². The number of nitriles is 1. The predicted molar refractivity (Wildman–Crippen MR) is 122 cm³/mol. The number of carbonyl (C=O) groups excluding carboxylic acids is 1. The number of Topliss-reactive ketones (excluding diaryl/α,β-unsaturated/α-hetero) is 1. The zero-order valence-corrected chi connectivity index (χ0v) is 18.0. The van der Waals surface area contributed by atoms with Crippen LogP contribution in [0.2, 0.25) is 0 Å². The van der Waals surface area contributed by atoms with Gasteiger partial charge < -0.3 is 14.6 Å². The number of hydrogen-bond donors (Lipinski definition) is 1. The van der Waals surface area contributed by atoms with Gasteiger partial charge in [0.15, 0.2) is 5.78 Å². The summed E-state index contributed by atoms with van der Waals surface area (Å²) in [4.78, 5) is 24.0. The first-order chi connectivity index (χ1) is 16.0. The van der Waals surface area contributed by atoms with Gasteiger partial charge in [0.1, 0.15) is 23.3 Å². The number of aliphatic carboxylic acids is 1. The zero-order chi connectivity index (χ0) is 23.2. The van der Waals surface area contributed by atoms with Gasteiger partial charge in [-0.25, -0.2) is 0 Å². The van der Waals surface area contributed by atoms with Gasteiger partial charge in [-0.15, -0.1) is 0 Å². The largest absolute Gasteiger partial charge is 0.493 e. The van der Waals surface area contributed by atoms with Crippen LogP contribution in [0.4, 0.5) is 0 Å². The lowest BCUT2D eigenvalue weighted by Gasteiger charge is -2.24. The van der Waals surface area contributed by atoms with Gasteiger partial charge in [0.2, 0.25) is 0 Å². The third-order valence-corrected chi connectivity index (χ3v) is 5.69. The minimum absolute atomic E-state index is 0.0667. The van der Waals surface area contributed by atoms with Crippen molar-refractivity contribution in [2.45, 2.75) is 31.6 Å². The first kappa shape index (κ1) is 22.1. The number of benzene rings is 3. The Morgan fingerprint density at radius 2 is 1.85 bits per heavy atom. The Kier molecular flexibility index (Phi) is 6.70. The van der Waals surface area contributed by atoms with Crippen molar-refractivity contribution in [3.8, 4) is 23.3 Å². The Balaban J connectivity index is 1.43. The number of ether oxygens (including phenoxy) is 2. The van der Waals surface area contributed by atoms with Crippen molar-refractivity contribution in [3.05, 3.63) is 89.0 Å². The van der Waals surface area contributed by atoms with E-state index in [0.717, 1.165) is 12.8 Å². The molecule has 0 spiro atoms. The number of ketones is 1. The van der Waals surface area contributed by atoms with Gasteiger partial charge in [-0.1, -0.05) is 30.3 Å². The van der Waals surface area contributed by atoms with E-state index in [1.165, 1.54) is 11.6 Å². The molecule has 1 aliphatic rings. The highest BCUT2D eigenvalue weighted by Crippen LogP contribution is 2.39. The van der Waals surface area contributed by atoms with Gasteiger partial charge in [-0.05, 0) is 55.2 Å². The van der Waals surface area contributed by atoms with Crippen LogP contribution in [-0.2, 0) is 11.2 Å². The summed E-state index contributed by atoms with van der Waals surface area (Å²) >= 11 is 0. The molecule has 0 bridgehead atoms. The van der Waals surface area contributed by atoms with Crippen molar-refractivity contribution >= 4 is 11.8 Å². The van der Waals surface area contributed by atoms with Crippen LogP contribution in [0.25, 0.3) is 0 Å². The second-order valence-corrected chi connectivity index (χ2v) is 7.91. The molecule has 3 aromatic rings. The van der Waals surface area contributed by atoms with E-state index in [9.17, 15) is 20.0 Å². The molecule has 0 amide bonds. The second kappa shape index (κ2) is 10.0. The highest BCUT2D eigenvalue weighted by Gasteiger charge is 2.29. The predicted octanol–water partition coefficient (Wildman–Crippen LogP) is 5.51. The van der Waals surface area contributed by atoms with Crippen LogP contribution < -0.4 is 9.47 Å². The maximum Gasteiger partial charge on any atom is 0.311 e. The normalized spacial score (nSPS) is 14.5. The average Bonchev–Trinajstić information content (AvgIpc) is 2.84. The van der Waals surface area contributed by atoms with Crippen molar-refractivity contribution in [1.82, 2.24) is 0 Å². The maximum atomic E-state index is 12.5. The Bertz CT molecular complexity index is 1200. The molecular formula is C27H23NO5. The summed E-state index contributed by atoms with van der Waals surface area (Å²) in [6.45, 7) is 0.288. The minimum Gasteiger partial charge on any atom is -0.493 e. The van der Waals surface area contributed by atoms with E-state index >= 15 is 0 Å². The van der Waals surface area contributed by atoms with Crippen LogP contribution in [0.1, 0.15) is 52.2 Å². The van der Waals surface area contributed by atoms with Crippen LogP contribution in [0.5, 0.6) is 17.2 Å². The topological polar surface area (TPSA) is 96.6 Å². The first-order valence-electron chi connectivity index (χ1n) is 10.8. The van der Waals surface area contributed by atoms with E-state index in [4.69, 9.17) is 9.47 Å². The van der Waals surface area contributed by atoms with Crippen molar-refractivity contribution in [2.24, 2.45) is 0 Å². The molecule has 6 heteroatoms. The summed E-state index contributed by atoms with van der Waals surface area (Å²) in [7, 11) is 0. The fourth-order valence-corrected chi connectivity index (χ4v) is 3.92. The number of carbonyl (C=O) groups is 2. The van der Waals surface area contributed by atoms with Crippen LogP contribution in [-0.4, -0.2) is 23.5 Å². The number of rotatable bonds is 8. The Hall–Kier alpha value is -4.11. The highest BCUT2D eigenvalue weighted by atomic mass is 16.5. The molecule has 4 rings (SSSR count). The molecule has 0 radical (unpaired) electrons. The van der Waals surface area contributed by atoms with Crippen molar-refractivity contribution in [2.75, 3.05) is 6.61 Å². The number of aryl methyl sites for hydroxylation is 1. The Labute approximate surface area is 192 Å². The van der Waals surface area contributed by atoms with Gasteiger partial charge in [0.05, 0.1) is 18.1 Å². The monoisotopic (exact) mass is 441 g/mol. The van der Waals surface area contributed by atoms with Crippen LogP contribution >= 0.6 is 0 Å². The summed E-state index contributed by atoms with van der Waals surface area (Å²) in [5.74, 6) is -0.421. The first-order valence-corrected chi connectivity index (χ1v) is 10.8. The van der Waals surface area contributed by atoms with Gasteiger partial charge in [-0.2, -0.15) is 5.26 Å². The van der Waals surface area contributed by atoms with E-state index < -0.39 is 11.9 Å². The smallest absolute Gasteiger partial charge is 0.311 e. The van der Waals surface area contributed by atoms with Crippen molar-refractivity contribution in [3.63, 3.8) is 0 Å². The molecule has 166 valence electrons. The molecule has 0 fully saturated rings. The summed E-state index contributed by atoms with van der Waals surface area (Å²) in [5, 5.41) is 19.0. The Morgan fingerprint density at radius 3 is 2.55 bits per heavy atom.